The van der Waals surface area contributed by atoms with E-state index in [1.54, 1.807) is 6.20 Å². The summed E-state index contributed by atoms with van der Waals surface area (Å²) in [5.41, 5.74) is 1.06. The van der Waals surface area contributed by atoms with Gasteiger partial charge in [-0.15, -0.1) is 0 Å². The van der Waals surface area contributed by atoms with Gasteiger partial charge in [-0.2, -0.15) is 0 Å². The van der Waals surface area contributed by atoms with Crippen LogP contribution < -0.4 is 16.0 Å². The van der Waals surface area contributed by atoms with Crippen molar-refractivity contribution in [2.24, 2.45) is 5.92 Å². The van der Waals surface area contributed by atoms with E-state index >= 15 is 0 Å². The molecule has 1 aromatic heterocycles. The van der Waals surface area contributed by atoms with E-state index in [0.717, 1.165) is 24.1 Å². The second-order valence-corrected chi connectivity index (χ2v) is 10.1. The summed E-state index contributed by atoms with van der Waals surface area (Å²) >= 11 is 2.90. The maximum absolute atomic E-state index is 12.5. The lowest BCUT2D eigenvalue weighted by Crippen LogP contribution is -2.71. The largest absolute Gasteiger partial charge is 0.324 e. The van der Waals surface area contributed by atoms with Gasteiger partial charge in [0.2, 0.25) is 5.91 Å². The molecule has 0 radical (unpaired) electrons. The van der Waals surface area contributed by atoms with Gasteiger partial charge in [0.25, 0.3) is 5.91 Å². The fourth-order valence-corrected chi connectivity index (χ4v) is 6.06. The Hall–Kier alpha value is -2.16. The summed E-state index contributed by atoms with van der Waals surface area (Å²) in [5, 5.41) is 10.1. The van der Waals surface area contributed by atoms with Gasteiger partial charge >= 0.3 is 0 Å². The molecular weight excluding hydrogens is 392 g/mol. The normalized spacial score (nSPS) is 30.3. The van der Waals surface area contributed by atoms with E-state index in [1.807, 2.05) is 24.3 Å². The number of carbonyl (C=O) groups is 2. The first-order chi connectivity index (χ1) is 13.4. The molecule has 1 aliphatic carbocycles. The Bertz CT molecular complexity index is 975. The van der Waals surface area contributed by atoms with Gasteiger partial charge in [-0.25, -0.2) is 4.98 Å². The van der Waals surface area contributed by atoms with Crippen molar-refractivity contribution in [3.63, 3.8) is 0 Å². The number of hydrogen-bond donors (Lipinski definition) is 3. The average Bonchev–Trinajstić information content (AvgIpc) is 3.35. The Morgan fingerprint density at radius 3 is 2.79 bits per heavy atom. The highest BCUT2D eigenvalue weighted by molar-refractivity contribution is 8.06. The topological polar surface area (TPSA) is 83.1 Å². The monoisotopic (exact) mass is 412 g/mol. The first-order valence-corrected chi connectivity index (χ1v) is 10.9. The molecule has 1 aromatic carbocycles. The SMILES string of the molecule is CC1(c2ccccc2)CC2(NC(=O)/C(=C/c3cnc(NC(=O)C4CC4)s3)S2)N1. The van der Waals surface area contributed by atoms with Crippen molar-refractivity contribution in [2.45, 2.75) is 36.7 Å². The third kappa shape index (κ3) is 3.25. The molecule has 2 saturated heterocycles. The minimum atomic E-state index is -0.457. The minimum absolute atomic E-state index is 0.0411. The number of nitrogens with zero attached hydrogens (tertiary/aromatic N) is 1. The molecule has 5 rings (SSSR count). The van der Waals surface area contributed by atoms with Gasteiger partial charge in [0.1, 0.15) is 4.99 Å². The van der Waals surface area contributed by atoms with E-state index in [2.05, 4.69) is 40.0 Å². The number of nitrogens with one attached hydrogen (secondary N) is 3. The number of anilines is 1. The lowest BCUT2D eigenvalue weighted by molar-refractivity contribution is -0.119. The van der Waals surface area contributed by atoms with Gasteiger partial charge < -0.3 is 10.6 Å². The van der Waals surface area contributed by atoms with Crippen LogP contribution in [-0.4, -0.2) is 21.8 Å². The molecule has 8 heteroatoms. The van der Waals surface area contributed by atoms with Gasteiger partial charge in [-0.3, -0.25) is 14.9 Å². The van der Waals surface area contributed by atoms with Gasteiger partial charge in [0, 0.05) is 24.1 Å². The first-order valence-electron chi connectivity index (χ1n) is 9.30. The van der Waals surface area contributed by atoms with Crippen LogP contribution in [-0.2, 0) is 15.1 Å². The van der Waals surface area contributed by atoms with E-state index in [-0.39, 0.29) is 23.3 Å². The zero-order valence-electron chi connectivity index (χ0n) is 15.3. The Balaban J connectivity index is 1.27. The van der Waals surface area contributed by atoms with E-state index < -0.39 is 4.99 Å². The molecule has 3 heterocycles. The molecule has 3 N–H and O–H groups in total. The van der Waals surface area contributed by atoms with Crippen molar-refractivity contribution >= 4 is 46.1 Å². The smallest absolute Gasteiger partial charge is 0.259 e. The number of carbonyl (C=O) groups excluding carboxylic acids is 2. The van der Waals surface area contributed by atoms with Crippen molar-refractivity contribution in [1.82, 2.24) is 15.6 Å². The Labute approximate surface area is 171 Å². The number of benzene rings is 1. The molecule has 1 saturated carbocycles. The molecule has 2 aliphatic heterocycles. The van der Waals surface area contributed by atoms with E-state index in [0.29, 0.717) is 10.0 Å². The molecule has 2 unspecified atom stereocenters. The lowest BCUT2D eigenvalue weighted by atomic mass is 9.80. The van der Waals surface area contributed by atoms with Crippen LogP contribution in [0.15, 0.2) is 41.4 Å². The molecule has 3 fully saturated rings. The second-order valence-electron chi connectivity index (χ2n) is 7.72. The van der Waals surface area contributed by atoms with Crippen molar-refractivity contribution in [2.75, 3.05) is 5.32 Å². The van der Waals surface area contributed by atoms with Crippen LogP contribution in [0.3, 0.4) is 0 Å². The maximum Gasteiger partial charge on any atom is 0.259 e. The van der Waals surface area contributed by atoms with Crippen LogP contribution in [0.25, 0.3) is 6.08 Å². The molecular formula is C20H20N4O2S2. The Morgan fingerprint density at radius 1 is 1.32 bits per heavy atom. The first kappa shape index (κ1) is 17.9. The predicted molar refractivity (Wildman–Crippen MR) is 111 cm³/mol. The minimum Gasteiger partial charge on any atom is -0.324 e. The summed E-state index contributed by atoms with van der Waals surface area (Å²) in [7, 11) is 0. The predicted octanol–water partition coefficient (Wildman–Crippen LogP) is 3.26. The van der Waals surface area contributed by atoms with Crippen molar-refractivity contribution in [1.29, 1.82) is 0 Å². The van der Waals surface area contributed by atoms with Gasteiger partial charge in [-0.05, 0) is 31.4 Å². The molecule has 2 aromatic rings. The highest BCUT2D eigenvalue weighted by Gasteiger charge is 2.57. The molecule has 6 nitrogen and oxygen atoms in total. The number of amides is 2. The number of rotatable bonds is 4. The fraction of sp³-hybridized carbons (Fsp3) is 0.350. The average molecular weight is 413 g/mol. The van der Waals surface area contributed by atoms with E-state index in [1.165, 1.54) is 28.7 Å². The third-order valence-corrected chi connectivity index (χ3v) is 7.37. The van der Waals surface area contributed by atoms with Crippen LogP contribution in [0.2, 0.25) is 0 Å². The molecule has 3 aliphatic rings. The van der Waals surface area contributed by atoms with Crippen LogP contribution in [0, 0.1) is 5.92 Å². The number of hydrogen-bond acceptors (Lipinski definition) is 6. The molecule has 2 amide bonds. The summed E-state index contributed by atoms with van der Waals surface area (Å²) in [6.07, 6.45) is 6.27. The molecule has 1 spiro atoms. The quantitative estimate of drug-likeness (QED) is 0.672. The van der Waals surface area contributed by atoms with Crippen LogP contribution >= 0.6 is 23.1 Å². The summed E-state index contributed by atoms with van der Waals surface area (Å²) in [4.78, 5) is 29.7. The van der Waals surface area contributed by atoms with Crippen LogP contribution in [0.4, 0.5) is 5.13 Å². The van der Waals surface area contributed by atoms with Crippen molar-refractivity contribution in [3.05, 3.63) is 51.9 Å². The fourth-order valence-electron chi connectivity index (χ4n) is 3.74. The zero-order chi connectivity index (χ0) is 19.4. The van der Waals surface area contributed by atoms with Gasteiger partial charge in [0.05, 0.1) is 9.78 Å². The Kier molecular flexibility index (Phi) is 4.12. The summed E-state index contributed by atoms with van der Waals surface area (Å²) < 4.78 is 0. The van der Waals surface area contributed by atoms with E-state index in [9.17, 15) is 9.59 Å². The molecule has 28 heavy (non-hydrogen) atoms. The maximum atomic E-state index is 12.5. The summed E-state index contributed by atoms with van der Waals surface area (Å²) in [6.45, 7) is 2.15. The van der Waals surface area contributed by atoms with Crippen molar-refractivity contribution in [3.8, 4) is 0 Å². The Morgan fingerprint density at radius 2 is 2.07 bits per heavy atom. The zero-order valence-corrected chi connectivity index (χ0v) is 17.0. The number of thiazole rings is 1. The highest BCUT2D eigenvalue weighted by atomic mass is 32.2. The summed E-state index contributed by atoms with van der Waals surface area (Å²) in [6, 6.07) is 10.3. The van der Waals surface area contributed by atoms with Gasteiger partial charge in [0.15, 0.2) is 5.13 Å². The van der Waals surface area contributed by atoms with E-state index in [4.69, 9.17) is 0 Å². The highest BCUT2D eigenvalue weighted by Crippen LogP contribution is 2.51. The third-order valence-electron chi connectivity index (χ3n) is 5.29. The molecule has 2 atom stereocenters. The second kappa shape index (κ2) is 6.43. The number of aromatic nitrogens is 1. The summed E-state index contributed by atoms with van der Waals surface area (Å²) in [5.74, 6) is 0.106. The van der Waals surface area contributed by atoms with Gasteiger partial charge in [-0.1, -0.05) is 53.4 Å². The van der Waals surface area contributed by atoms with Crippen LogP contribution in [0.5, 0.6) is 0 Å². The number of thioether (sulfide) groups is 1. The molecule has 144 valence electrons. The standard InChI is InChI=1S/C20H20N4O2S2/c1-19(13-5-3-2-4-6-13)11-20(24-19)23-17(26)15(28-20)9-14-10-21-18(27-14)22-16(25)12-7-8-12/h2-6,9-10,12,24H,7-8,11H2,1H3,(H,23,26)(H,21,22,25)/b15-9-. The van der Waals surface area contributed by atoms with Crippen LogP contribution in [0.1, 0.15) is 36.6 Å². The van der Waals surface area contributed by atoms with Crippen molar-refractivity contribution < 1.29 is 9.59 Å². The molecule has 0 bridgehead atoms. The lowest BCUT2D eigenvalue weighted by Gasteiger charge is -2.53.